The zero-order valence-electron chi connectivity index (χ0n) is 12.7. The molecule has 0 bridgehead atoms. The summed E-state index contributed by atoms with van der Waals surface area (Å²) in [7, 11) is 1.90. The lowest BCUT2D eigenvalue weighted by atomic mass is 9.95. The van der Waals surface area contributed by atoms with Crippen molar-refractivity contribution in [2.75, 3.05) is 0 Å². The second-order valence-corrected chi connectivity index (χ2v) is 6.16. The Hall–Kier alpha value is -1.92. The smallest absolute Gasteiger partial charge is 0.220 e. The number of hydrogen-bond donors (Lipinski definition) is 2. The second-order valence-electron chi connectivity index (χ2n) is 5.75. The van der Waals surface area contributed by atoms with E-state index in [4.69, 9.17) is 11.6 Å². The van der Waals surface area contributed by atoms with Crippen LogP contribution in [0.4, 0.5) is 4.39 Å². The Morgan fingerprint density at radius 3 is 3.04 bits per heavy atom. The van der Waals surface area contributed by atoms with Gasteiger partial charge in [-0.3, -0.25) is 4.79 Å². The molecule has 1 fully saturated rings. The largest absolute Gasteiger partial charge is 0.346 e. The first-order chi connectivity index (χ1) is 11.0. The van der Waals surface area contributed by atoms with Gasteiger partial charge in [0.2, 0.25) is 5.91 Å². The Kier molecular flexibility index (Phi) is 4.63. The van der Waals surface area contributed by atoms with E-state index in [1.54, 1.807) is 24.7 Å². The number of benzene rings is 1. The number of aromatic nitrogens is 2. The maximum atomic E-state index is 13.5. The van der Waals surface area contributed by atoms with E-state index >= 15 is 0 Å². The summed E-state index contributed by atoms with van der Waals surface area (Å²) in [5, 5.41) is 6.53. The first-order valence-corrected chi connectivity index (χ1v) is 7.85. The van der Waals surface area contributed by atoms with E-state index in [9.17, 15) is 9.18 Å². The van der Waals surface area contributed by atoms with Gasteiger partial charge in [0.05, 0.1) is 29.3 Å². The number of nitrogens with one attached hydrogen (secondary N) is 2. The normalized spacial score (nSPS) is 21.3. The summed E-state index contributed by atoms with van der Waals surface area (Å²) in [6.07, 6.45) is 4.66. The van der Waals surface area contributed by atoms with Crippen LogP contribution in [0.1, 0.15) is 30.1 Å². The van der Waals surface area contributed by atoms with E-state index in [1.807, 2.05) is 11.6 Å². The molecule has 0 aliphatic carbocycles. The van der Waals surface area contributed by atoms with Gasteiger partial charge in [0.25, 0.3) is 0 Å². The fourth-order valence-electron chi connectivity index (χ4n) is 2.87. The predicted molar refractivity (Wildman–Crippen MR) is 85.4 cm³/mol. The molecule has 2 atom stereocenters. The number of rotatable bonds is 4. The Bertz CT molecular complexity index is 718. The minimum atomic E-state index is -0.425. The first-order valence-electron chi connectivity index (χ1n) is 7.47. The molecule has 2 aromatic rings. The minimum absolute atomic E-state index is 0.0341. The number of amides is 1. The van der Waals surface area contributed by atoms with Crippen molar-refractivity contribution < 1.29 is 9.18 Å². The van der Waals surface area contributed by atoms with E-state index in [0.29, 0.717) is 13.0 Å². The topological polar surface area (TPSA) is 59.0 Å². The molecule has 0 radical (unpaired) electrons. The van der Waals surface area contributed by atoms with Crippen molar-refractivity contribution in [1.82, 2.24) is 20.2 Å². The standard InChI is InChI=1S/C16H18ClFN4O/c1-22-9-19-8-14(22)16-13(4-5-15(23)21-16)20-7-10-2-3-11(17)12(18)6-10/h2-3,6,8-9,13,16,20H,4-5,7H2,1H3,(H,21,23)/t13-,16-/m1/s1. The zero-order chi connectivity index (χ0) is 16.4. The fourth-order valence-corrected chi connectivity index (χ4v) is 2.98. The highest BCUT2D eigenvalue weighted by Gasteiger charge is 2.31. The molecule has 122 valence electrons. The van der Waals surface area contributed by atoms with E-state index in [2.05, 4.69) is 15.6 Å². The number of halogens is 2. The maximum Gasteiger partial charge on any atom is 0.220 e. The summed E-state index contributed by atoms with van der Waals surface area (Å²) >= 11 is 5.70. The van der Waals surface area contributed by atoms with E-state index in [1.165, 1.54) is 6.07 Å². The van der Waals surface area contributed by atoms with Gasteiger partial charge in [-0.25, -0.2) is 9.37 Å². The molecule has 0 spiro atoms. The van der Waals surface area contributed by atoms with Crippen molar-refractivity contribution in [1.29, 1.82) is 0 Å². The van der Waals surface area contributed by atoms with Gasteiger partial charge in [0.1, 0.15) is 5.82 Å². The highest BCUT2D eigenvalue weighted by Crippen LogP contribution is 2.24. The van der Waals surface area contributed by atoms with Crippen LogP contribution in [0.5, 0.6) is 0 Å². The van der Waals surface area contributed by atoms with Crippen LogP contribution in [-0.2, 0) is 18.4 Å². The van der Waals surface area contributed by atoms with Crippen LogP contribution in [-0.4, -0.2) is 21.5 Å². The lowest BCUT2D eigenvalue weighted by Gasteiger charge is -2.33. The zero-order valence-corrected chi connectivity index (χ0v) is 13.5. The van der Waals surface area contributed by atoms with Crippen LogP contribution in [0.25, 0.3) is 0 Å². The van der Waals surface area contributed by atoms with E-state index < -0.39 is 5.82 Å². The van der Waals surface area contributed by atoms with Crippen LogP contribution in [0.2, 0.25) is 5.02 Å². The third kappa shape index (κ3) is 3.54. The van der Waals surface area contributed by atoms with Gasteiger partial charge in [-0.15, -0.1) is 0 Å². The van der Waals surface area contributed by atoms with E-state index in [-0.39, 0.29) is 23.0 Å². The summed E-state index contributed by atoms with van der Waals surface area (Å²) in [5.41, 5.74) is 1.75. The summed E-state index contributed by atoms with van der Waals surface area (Å²) in [4.78, 5) is 15.9. The minimum Gasteiger partial charge on any atom is -0.346 e. The Morgan fingerprint density at radius 2 is 2.35 bits per heavy atom. The van der Waals surface area contributed by atoms with Gasteiger partial charge >= 0.3 is 0 Å². The van der Waals surface area contributed by atoms with Gasteiger partial charge < -0.3 is 15.2 Å². The molecule has 2 heterocycles. The average Bonchev–Trinajstić information content (AvgIpc) is 2.95. The van der Waals surface area contributed by atoms with Crippen LogP contribution in [0.15, 0.2) is 30.7 Å². The van der Waals surface area contributed by atoms with Gasteiger partial charge in [-0.2, -0.15) is 0 Å². The first kappa shape index (κ1) is 16.0. The molecule has 1 aliphatic heterocycles. The van der Waals surface area contributed by atoms with E-state index in [0.717, 1.165) is 17.7 Å². The number of carbonyl (C=O) groups excluding carboxylic acids is 1. The average molecular weight is 337 g/mol. The number of piperidine rings is 1. The molecule has 1 aliphatic rings. The second kappa shape index (κ2) is 6.68. The van der Waals surface area contributed by atoms with Crippen LogP contribution in [0.3, 0.4) is 0 Å². The van der Waals surface area contributed by atoms with Crippen molar-refractivity contribution in [3.05, 3.63) is 52.8 Å². The highest BCUT2D eigenvalue weighted by atomic mass is 35.5. The van der Waals surface area contributed by atoms with Crippen LogP contribution >= 0.6 is 11.6 Å². The predicted octanol–water partition coefficient (Wildman–Crippen LogP) is 2.32. The number of imidazole rings is 1. The maximum absolute atomic E-state index is 13.5. The molecule has 5 nitrogen and oxygen atoms in total. The molecule has 3 rings (SSSR count). The van der Waals surface area contributed by atoms with Crippen molar-refractivity contribution >= 4 is 17.5 Å². The number of carbonyl (C=O) groups is 1. The lowest BCUT2D eigenvalue weighted by Crippen LogP contribution is -2.48. The quantitative estimate of drug-likeness (QED) is 0.901. The summed E-state index contributed by atoms with van der Waals surface area (Å²) in [6, 6.07) is 4.67. The summed E-state index contributed by atoms with van der Waals surface area (Å²) in [5.74, 6) is -0.391. The molecule has 0 unspecified atom stereocenters. The monoisotopic (exact) mass is 336 g/mol. The molecule has 1 aromatic heterocycles. The molecule has 2 N–H and O–H groups in total. The molecular formula is C16H18ClFN4O. The molecular weight excluding hydrogens is 319 g/mol. The fraction of sp³-hybridized carbons (Fsp3) is 0.375. The van der Waals surface area contributed by atoms with Crippen molar-refractivity contribution in [3.8, 4) is 0 Å². The Balaban J connectivity index is 1.73. The third-order valence-corrected chi connectivity index (χ3v) is 4.43. The Labute approximate surface area is 138 Å². The summed E-state index contributed by atoms with van der Waals surface area (Å²) < 4.78 is 15.4. The number of nitrogens with zero attached hydrogens (tertiary/aromatic N) is 2. The van der Waals surface area contributed by atoms with Crippen molar-refractivity contribution in [2.24, 2.45) is 7.05 Å². The van der Waals surface area contributed by atoms with Gasteiger partial charge in [-0.1, -0.05) is 17.7 Å². The summed E-state index contributed by atoms with van der Waals surface area (Å²) in [6.45, 7) is 0.503. The van der Waals surface area contributed by atoms with Gasteiger partial charge in [-0.05, 0) is 24.1 Å². The van der Waals surface area contributed by atoms with Crippen molar-refractivity contribution in [2.45, 2.75) is 31.5 Å². The molecule has 1 saturated heterocycles. The molecule has 23 heavy (non-hydrogen) atoms. The van der Waals surface area contributed by atoms with Crippen LogP contribution < -0.4 is 10.6 Å². The van der Waals surface area contributed by atoms with Crippen LogP contribution in [0, 0.1) is 5.82 Å². The number of hydrogen-bond acceptors (Lipinski definition) is 3. The lowest BCUT2D eigenvalue weighted by molar-refractivity contribution is -0.124. The SMILES string of the molecule is Cn1cncc1[C@@H]1NC(=O)CC[C@H]1NCc1ccc(Cl)c(F)c1. The molecule has 0 saturated carbocycles. The molecule has 1 amide bonds. The van der Waals surface area contributed by atoms with Gasteiger partial charge in [0, 0.05) is 26.1 Å². The van der Waals surface area contributed by atoms with Gasteiger partial charge in [0.15, 0.2) is 0 Å². The third-order valence-electron chi connectivity index (χ3n) is 4.13. The van der Waals surface area contributed by atoms with Crippen molar-refractivity contribution in [3.63, 3.8) is 0 Å². The number of aryl methyl sites for hydroxylation is 1. The molecule has 1 aromatic carbocycles. The molecule has 7 heteroatoms. The Morgan fingerprint density at radius 1 is 1.52 bits per heavy atom. The highest BCUT2D eigenvalue weighted by molar-refractivity contribution is 6.30.